The standard InChI is InChI=1S/C17H13F3N4O4/c18-17(19,20)12-2-1-3-13(8-12)22-15(25)9-16(26)23-21-10-11-4-6-14(7-5-11)24(27)28/h1-8,10H,9H2,(H,22,25)(H,23,26)/b21-10+. The van der Waals surface area contributed by atoms with E-state index in [2.05, 4.69) is 15.8 Å². The van der Waals surface area contributed by atoms with E-state index in [4.69, 9.17) is 0 Å². The Balaban J connectivity index is 1.85. The summed E-state index contributed by atoms with van der Waals surface area (Å²) in [6, 6.07) is 9.34. The molecule has 2 aromatic rings. The number of alkyl halides is 3. The minimum Gasteiger partial charge on any atom is -0.326 e. The summed E-state index contributed by atoms with van der Waals surface area (Å²) < 4.78 is 37.9. The van der Waals surface area contributed by atoms with Gasteiger partial charge in [-0.2, -0.15) is 18.3 Å². The second kappa shape index (κ2) is 8.75. The summed E-state index contributed by atoms with van der Waals surface area (Å²) in [5.74, 6) is -1.61. The van der Waals surface area contributed by atoms with Crippen LogP contribution in [-0.4, -0.2) is 23.0 Å². The Morgan fingerprint density at radius 3 is 2.39 bits per heavy atom. The third-order valence-corrected chi connectivity index (χ3v) is 3.30. The van der Waals surface area contributed by atoms with Crippen molar-refractivity contribution in [3.8, 4) is 0 Å². The molecular formula is C17H13F3N4O4. The van der Waals surface area contributed by atoms with Gasteiger partial charge in [0.05, 0.1) is 16.7 Å². The summed E-state index contributed by atoms with van der Waals surface area (Å²) in [5, 5.41) is 16.3. The van der Waals surface area contributed by atoms with Crippen molar-refractivity contribution in [2.75, 3.05) is 5.32 Å². The third-order valence-electron chi connectivity index (χ3n) is 3.30. The number of nitro groups is 1. The highest BCUT2D eigenvalue weighted by Gasteiger charge is 2.30. The van der Waals surface area contributed by atoms with Crippen LogP contribution in [0.4, 0.5) is 24.5 Å². The first kappa shape index (κ1) is 20.6. The van der Waals surface area contributed by atoms with Crippen molar-refractivity contribution < 1.29 is 27.7 Å². The largest absolute Gasteiger partial charge is 0.416 e. The van der Waals surface area contributed by atoms with Gasteiger partial charge >= 0.3 is 6.18 Å². The quantitative estimate of drug-likeness (QED) is 0.339. The highest BCUT2D eigenvalue weighted by Crippen LogP contribution is 2.30. The molecule has 11 heteroatoms. The lowest BCUT2D eigenvalue weighted by molar-refractivity contribution is -0.384. The van der Waals surface area contributed by atoms with Crippen LogP contribution in [0.1, 0.15) is 17.5 Å². The molecular weight excluding hydrogens is 381 g/mol. The second-order valence-corrected chi connectivity index (χ2v) is 5.45. The van der Waals surface area contributed by atoms with Crippen molar-refractivity contribution in [2.45, 2.75) is 12.6 Å². The Morgan fingerprint density at radius 1 is 1.11 bits per heavy atom. The number of benzene rings is 2. The van der Waals surface area contributed by atoms with Crippen LogP contribution in [0.5, 0.6) is 0 Å². The van der Waals surface area contributed by atoms with Gasteiger partial charge in [-0.1, -0.05) is 6.07 Å². The normalized spacial score (nSPS) is 11.2. The van der Waals surface area contributed by atoms with E-state index in [-0.39, 0.29) is 11.4 Å². The summed E-state index contributed by atoms with van der Waals surface area (Å²) in [5.41, 5.74) is 1.42. The highest BCUT2D eigenvalue weighted by atomic mass is 19.4. The van der Waals surface area contributed by atoms with E-state index >= 15 is 0 Å². The SMILES string of the molecule is O=C(CC(=O)Nc1cccc(C(F)(F)F)c1)N/N=C/c1ccc([N+](=O)[O-])cc1. The smallest absolute Gasteiger partial charge is 0.326 e. The highest BCUT2D eigenvalue weighted by molar-refractivity contribution is 6.03. The predicted octanol–water partition coefficient (Wildman–Crippen LogP) is 3.09. The number of hydrogen-bond acceptors (Lipinski definition) is 5. The molecule has 0 aliphatic heterocycles. The first-order valence-corrected chi connectivity index (χ1v) is 7.68. The zero-order chi connectivity index (χ0) is 20.7. The Bertz CT molecular complexity index is 911. The summed E-state index contributed by atoms with van der Waals surface area (Å²) in [6.45, 7) is 0. The second-order valence-electron chi connectivity index (χ2n) is 5.45. The average Bonchev–Trinajstić information content (AvgIpc) is 2.61. The Labute approximate surface area is 156 Å². The van der Waals surface area contributed by atoms with Crippen LogP contribution in [0, 0.1) is 10.1 Å². The number of rotatable bonds is 6. The summed E-state index contributed by atoms with van der Waals surface area (Å²) in [7, 11) is 0. The monoisotopic (exact) mass is 394 g/mol. The fraction of sp³-hybridized carbons (Fsp3) is 0.118. The van der Waals surface area contributed by atoms with Crippen molar-refractivity contribution in [1.82, 2.24) is 5.43 Å². The number of carbonyl (C=O) groups is 2. The minimum atomic E-state index is -4.55. The van der Waals surface area contributed by atoms with Gasteiger partial charge in [0, 0.05) is 17.8 Å². The van der Waals surface area contributed by atoms with Crippen molar-refractivity contribution in [3.05, 3.63) is 69.8 Å². The summed E-state index contributed by atoms with van der Waals surface area (Å²) >= 11 is 0. The van der Waals surface area contributed by atoms with Gasteiger partial charge in [-0.25, -0.2) is 5.43 Å². The van der Waals surface area contributed by atoms with Crippen LogP contribution < -0.4 is 10.7 Å². The zero-order valence-electron chi connectivity index (χ0n) is 14.1. The summed E-state index contributed by atoms with van der Waals surface area (Å²) in [6.07, 6.45) is -4.00. The van der Waals surface area contributed by atoms with Gasteiger partial charge < -0.3 is 5.32 Å². The van der Waals surface area contributed by atoms with Gasteiger partial charge in [-0.3, -0.25) is 19.7 Å². The number of anilines is 1. The van der Waals surface area contributed by atoms with Crippen molar-refractivity contribution in [1.29, 1.82) is 0 Å². The molecule has 2 rings (SSSR count). The number of hydrazone groups is 1. The fourth-order valence-electron chi connectivity index (χ4n) is 2.02. The number of non-ortho nitro benzene ring substituents is 1. The van der Waals surface area contributed by atoms with Gasteiger partial charge in [0.1, 0.15) is 6.42 Å². The molecule has 0 atom stereocenters. The number of hydrogen-bond donors (Lipinski definition) is 2. The molecule has 146 valence electrons. The van der Waals surface area contributed by atoms with Crippen molar-refractivity contribution in [2.24, 2.45) is 5.10 Å². The zero-order valence-corrected chi connectivity index (χ0v) is 14.1. The lowest BCUT2D eigenvalue weighted by atomic mass is 10.2. The van der Waals surface area contributed by atoms with Gasteiger partial charge in [0.2, 0.25) is 11.8 Å². The Kier molecular flexibility index (Phi) is 6.42. The Morgan fingerprint density at radius 2 is 1.79 bits per heavy atom. The van der Waals surface area contributed by atoms with E-state index in [0.29, 0.717) is 5.56 Å². The first-order valence-electron chi connectivity index (χ1n) is 7.68. The average molecular weight is 394 g/mol. The molecule has 0 saturated heterocycles. The lowest BCUT2D eigenvalue weighted by Crippen LogP contribution is -2.24. The molecule has 2 amide bonds. The van der Waals surface area contributed by atoms with Crippen LogP contribution >= 0.6 is 0 Å². The number of halogens is 3. The van der Waals surface area contributed by atoms with Crippen LogP contribution in [-0.2, 0) is 15.8 Å². The molecule has 2 N–H and O–H groups in total. The summed E-state index contributed by atoms with van der Waals surface area (Å²) in [4.78, 5) is 33.4. The maximum Gasteiger partial charge on any atom is 0.416 e. The van der Waals surface area contributed by atoms with Crippen LogP contribution in [0.15, 0.2) is 53.6 Å². The molecule has 28 heavy (non-hydrogen) atoms. The van der Waals surface area contributed by atoms with Crippen LogP contribution in [0.3, 0.4) is 0 Å². The topological polar surface area (TPSA) is 114 Å². The van der Waals surface area contributed by atoms with E-state index in [1.165, 1.54) is 36.5 Å². The molecule has 8 nitrogen and oxygen atoms in total. The Hall–Kier alpha value is -3.76. The van der Waals surface area contributed by atoms with E-state index < -0.39 is 34.9 Å². The van der Waals surface area contributed by atoms with Crippen molar-refractivity contribution in [3.63, 3.8) is 0 Å². The molecule has 0 unspecified atom stereocenters. The minimum absolute atomic E-state index is 0.0954. The molecule has 2 aromatic carbocycles. The lowest BCUT2D eigenvalue weighted by Gasteiger charge is -2.09. The van der Waals surface area contributed by atoms with E-state index in [9.17, 15) is 32.9 Å². The van der Waals surface area contributed by atoms with Crippen LogP contribution in [0.25, 0.3) is 0 Å². The molecule has 0 heterocycles. The first-order chi connectivity index (χ1) is 13.1. The molecule has 0 aromatic heterocycles. The number of nitro benzene ring substituents is 1. The van der Waals surface area contributed by atoms with Gasteiger partial charge in [-0.15, -0.1) is 0 Å². The molecule has 0 fully saturated rings. The molecule has 0 bridgehead atoms. The maximum atomic E-state index is 12.6. The predicted molar refractivity (Wildman–Crippen MR) is 93.5 cm³/mol. The van der Waals surface area contributed by atoms with E-state index in [1.54, 1.807) is 0 Å². The van der Waals surface area contributed by atoms with E-state index in [1.807, 2.05) is 0 Å². The number of carbonyl (C=O) groups excluding carboxylic acids is 2. The number of nitrogens with zero attached hydrogens (tertiary/aromatic N) is 2. The maximum absolute atomic E-state index is 12.6. The number of nitrogens with one attached hydrogen (secondary N) is 2. The molecule has 0 aliphatic carbocycles. The number of amides is 2. The fourth-order valence-corrected chi connectivity index (χ4v) is 2.02. The molecule has 0 radical (unpaired) electrons. The third kappa shape index (κ3) is 6.20. The van der Waals surface area contributed by atoms with E-state index in [0.717, 1.165) is 18.2 Å². The van der Waals surface area contributed by atoms with Gasteiger partial charge in [0.15, 0.2) is 0 Å². The molecule has 0 spiro atoms. The molecule has 0 aliphatic rings. The van der Waals surface area contributed by atoms with Crippen LogP contribution in [0.2, 0.25) is 0 Å². The van der Waals surface area contributed by atoms with Crippen molar-refractivity contribution >= 4 is 29.4 Å². The molecule has 0 saturated carbocycles. The van der Waals surface area contributed by atoms with Gasteiger partial charge in [-0.05, 0) is 35.9 Å². The van der Waals surface area contributed by atoms with Gasteiger partial charge in [0.25, 0.3) is 5.69 Å².